The molecule has 0 radical (unpaired) electrons. The van der Waals surface area contributed by atoms with Crippen molar-refractivity contribution >= 4 is 0 Å². The van der Waals surface area contributed by atoms with Gasteiger partial charge in [-0.15, -0.1) is 0 Å². The van der Waals surface area contributed by atoms with Gasteiger partial charge in [0.25, 0.3) is 0 Å². The molecule has 12 rings (SSSR count). The molecule has 2 heterocycles. The highest BCUT2D eigenvalue weighted by Crippen LogP contribution is 2.35. The molecule has 0 N–H and O–H groups in total. The van der Waals surface area contributed by atoms with Gasteiger partial charge in [-0.1, -0.05) is 231 Å². The van der Waals surface area contributed by atoms with Crippen LogP contribution in [0.15, 0.2) is 267 Å². The van der Waals surface area contributed by atoms with Crippen LogP contribution in [0.25, 0.3) is 124 Å². The highest BCUT2D eigenvalue weighted by atomic mass is 15.0. The lowest BCUT2D eigenvalue weighted by Crippen LogP contribution is -2.01. The van der Waals surface area contributed by atoms with Gasteiger partial charge < -0.3 is 0 Å². The van der Waals surface area contributed by atoms with Crippen LogP contribution in [0.1, 0.15) is 0 Å². The third-order valence-electron chi connectivity index (χ3n) is 12.8. The summed E-state index contributed by atoms with van der Waals surface area (Å²) in [4.78, 5) is 31.1. The molecule has 0 spiro atoms. The number of aromatic nitrogens is 6. The van der Waals surface area contributed by atoms with Gasteiger partial charge in [-0.2, -0.15) is 0 Å². The van der Waals surface area contributed by atoms with Crippen LogP contribution in [0.3, 0.4) is 0 Å². The number of hydrogen-bond acceptors (Lipinski definition) is 6. The van der Waals surface area contributed by atoms with E-state index in [4.69, 9.17) is 29.9 Å². The third kappa shape index (κ3) is 9.36. The van der Waals surface area contributed by atoms with Crippen LogP contribution in [0.5, 0.6) is 0 Å². The summed E-state index contributed by atoms with van der Waals surface area (Å²) in [5.74, 6) is 3.52. The molecule has 0 saturated heterocycles. The molecule has 0 aliphatic carbocycles. The molecule has 0 fully saturated rings. The molecule has 0 amide bonds. The van der Waals surface area contributed by atoms with Crippen LogP contribution in [0.4, 0.5) is 0 Å². The Morgan fingerprint density at radius 1 is 0.125 bits per heavy atom. The van der Waals surface area contributed by atoms with E-state index in [0.29, 0.717) is 34.9 Å². The zero-order valence-corrected chi connectivity index (χ0v) is 39.1. The first-order valence-corrected chi connectivity index (χ1v) is 24.0. The Morgan fingerprint density at radius 2 is 0.264 bits per heavy atom. The Balaban J connectivity index is 0.951. The highest BCUT2D eigenvalue weighted by Gasteiger charge is 2.17. The predicted octanol–water partition coefficient (Wildman–Crippen LogP) is 16.4. The molecule has 6 heteroatoms. The maximum Gasteiger partial charge on any atom is 0.164 e. The van der Waals surface area contributed by atoms with E-state index in [1.807, 2.05) is 24.3 Å². The first kappa shape index (κ1) is 43.5. The van der Waals surface area contributed by atoms with Crippen molar-refractivity contribution in [2.45, 2.75) is 0 Å². The standard InChI is InChI=1S/C66H44N6/c1-5-19-45(20-6-1)49-27-13-33-55(39-49)61-67-62(56-34-14-28-50(40-56)46-21-7-2-8-22-46)70-65(69-61)59-37-17-31-53(43-59)54-32-18-38-60(44-54)66-71-63(57-35-15-29-51(41-57)47-23-9-3-10-24-47)68-64(72-66)58-36-16-30-52(42-58)48-25-11-4-12-26-48/h1-44H. The average Bonchev–Trinajstić information content (AvgIpc) is 3.48. The van der Waals surface area contributed by atoms with Gasteiger partial charge in [-0.05, 0) is 92.0 Å². The summed E-state index contributed by atoms with van der Waals surface area (Å²) in [5.41, 5.74) is 16.2. The molecule has 2 aromatic heterocycles. The normalized spacial score (nSPS) is 11.1. The summed E-state index contributed by atoms with van der Waals surface area (Å²) in [7, 11) is 0. The molecule has 0 aliphatic heterocycles. The van der Waals surface area contributed by atoms with Crippen LogP contribution in [-0.2, 0) is 0 Å². The van der Waals surface area contributed by atoms with Crippen LogP contribution in [-0.4, -0.2) is 29.9 Å². The fourth-order valence-electron chi connectivity index (χ4n) is 9.08. The topological polar surface area (TPSA) is 77.3 Å². The summed E-state index contributed by atoms with van der Waals surface area (Å²) < 4.78 is 0. The van der Waals surface area contributed by atoms with Crippen LogP contribution >= 0.6 is 0 Å². The zero-order valence-electron chi connectivity index (χ0n) is 39.1. The van der Waals surface area contributed by atoms with Crippen molar-refractivity contribution in [2.75, 3.05) is 0 Å². The lowest BCUT2D eigenvalue weighted by atomic mass is 10.00. The second-order valence-corrected chi connectivity index (χ2v) is 17.6. The summed E-state index contributed by atoms with van der Waals surface area (Å²) in [6.07, 6.45) is 0. The second kappa shape index (κ2) is 19.7. The van der Waals surface area contributed by atoms with Gasteiger partial charge in [0.15, 0.2) is 34.9 Å². The molecule has 72 heavy (non-hydrogen) atoms. The van der Waals surface area contributed by atoms with Crippen LogP contribution in [0, 0.1) is 0 Å². The average molecular weight is 921 g/mol. The van der Waals surface area contributed by atoms with Gasteiger partial charge in [0.05, 0.1) is 0 Å². The van der Waals surface area contributed by atoms with E-state index in [-0.39, 0.29) is 0 Å². The lowest BCUT2D eigenvalue weighted by molar-refractivity contribution is 1.07. The van der Waals surface area contributed by atoms with Gasteiger partial charge in [0.2, 0.25) is 0 Å². The van der Waals surface area contributed by atoms with Gasteiger partial charge in [-0.3, -0.25) is 0 Å². The molecule has 0 saturated carbocycles. The Labute approximate surface area is 418 Å². The SMILES string of the molecule is c1ccc(-c2cccc(-c3nc(-c4cccc(-c5ccccc5)c4)nc(-c4cccc(-c5cccc(-c6nc(-c7cccc(-c8ccccc8)c7)nc(-c7cccc(-c8ccccc8)c7)n6)c5)c4)n3)c2)cc1. The first-order valence-electron chi connectivity index (χ1n) is 24.0. The number of hydrogen-bond donors (Lipinski definition) is 0. The Hall–Kier alpha value is -9.78. The Kier molecular flexibility index (Phi) is 11.9. The highest BCUT2D eigenvalue weighted by molar-refractivity contribution is 5.79. The van der Waals surface area contributed by atoms with E-state index in [9.17, 15) is 0 Å². The summed E-state index contributed by atoms with van der Waals surface area (Å²) in [5, 5.41) is 0. The smallest absolute Gasteiger partial charge is 0.164 e. The number of nitrogens with zero attached hydrogens (tertiary/aromatic N) is 6. The second-order valence-electron chi connectivity index (χ2n) is 17.6. The summed E-state index contributed by atoms with van der Waals surface area (Å²) in [6, 6.07) is 91.9. The Morgan fingerprint density at radius 3 is 0.444 bits per heavy atom. The van der Waals surface area contributed by atoms with Crippen molar-refractivity contribution < 1.29 is 0 Å². The van der Waals surface area contributed by atoms with Crippen molar-refractivity contribution in [1.82, 2.24) is 29.9 Å². The Bertz CT molecular complexity index is 3400. The van der Waals surface area contributed by atoms with Gasteiger partial charge in [-0.25, -0.2) is 29.9 Å². The van der Waals surface area contributed by atoms with Gasteiger partial charge in [0.1, 0.15) is 0 Å². The maximum absolute atomic E-state index is 5.19. The van der Waals surface area contributed by atoms with Crippen molar-refractivity contribution in [3.05, 3.63) is 267 Å². The number of benzene rings is 10. The molecular weight excluding hydrogens is 877 g/mol. The molecule has 0 atom stereocenters. The fraction of sp³-hybridized carbons (Fsp3) is 0. The molecule has 0 bridgehead atoms. The minimum absolute atomic E-state index is 0.574. The molecule has 6 nitrogen and oxygen atoms in total. The van der Waals surface area contributed by atoms with Crippen LogP contribution in [0.2, 0.25) is 0 Å². The fourth-order valence-corrected chi connectivity index (χ4v) is 9.08. The molecule has 0 aliphatic rings. The van der Waals surface area contributed by atoms with Crippen molar-refractivity contribution in [3.63, 3.8) is 0 Å². The minimum Gasteiger partial charge on any atom is -0.208 e. The van der Waals surface area contributed by atoms with Gasteiger partial charge >= 0.3 is 0 Å². The van der Waals surface area contributed by atoms with E-state index in [1.165, 1.54) is 0 Å². The van der Waals surface area contributed by atoms with E-state index in [1.54, 1.807) is 0 Å². The van der Waals surface area contributed by atoms with Crippen molar-refractivity contribution in [2.24, 2.45) is 0 Å². The minimum atomic E-state index is 0.574. The van der Waals surface area contributed by atoms with Crippen molar-refractivity contribution in [3.8, 4) is 124 Å². The zero-order chi connectivity index (χ0) is 48.1. The monoisotopic (exact) mass is 920 g/mol. The van der Waals surface area contributed by atoms with E-state index in [2.05, 4.69) is 243 Å². The van der Waals surface area contributed by atoms with Gasteiger partial charge in [0, 0.05) is 33.4 Å². The quantitative estimate of drug-likeness (QED) is 0.129. The molecule has 0 unspecified atom stereocenters. The van der Waals surface area contributed by atoms with E-state index in [0.717, 1.165) is 89.0 Å². The molecule has 10 aromatic carbocycles. The maximum atomic E-state index is 5.19. The van der Waals surface area contributed by atoms with E-state index >= 15 is 0 Å². The summed E-state index contributed by atoms with van der Waals surface area (Å²) in [6.45, 7) is 0. The lowest BCUT2D eigenvalue weighted by Gasteiger charge is -2.12. The summed E-state index contributed by atoms with van der Waals surface area (Å²) >= 11 is 0. The van der Waals surface area contributed by atoms with Crippen LogP contribution < -0.4 is 0 Å². The first-order chi connectivity index (χ1) is 35.6. The largest absolute Gasteiger partial charge is 0.208 e. The number of rotatable bonds is 11. The molecular formula is C66H44N6. The molecule has 338 valence electrons. The predicted molar refractivity (Wildman–Crippen MR) is 293 cm³/mol. The molecule has 12 aromatic rings. The third-order valence-corrected chi connectivity index (χ3v) is 12.8. The van der Waals surface area contributed by atoms with E-state index < -0.39 is 0 Å². The van der Waals surface area contributed by atoms with Crippen molar-refractivity contribution in [1.29, 1.82) is 0 Å².